The maximum Gasteiger partial charge on any atom is 0.123 e. The highest BCUT2D eigenvalue weighted by molar-refractivity contribution is 5.85. The summed E-state index contributed by atoms with van der Waals surface area (Å²) in [5.41, 5.74) is 5.85. The van der Waals surface area contributed by atoms with Crippen LogP contribution in [-0.2, 0) is 0 Å². The Bertz CT molecular complexity index is 227. The average Bonchev–Trinajstić information content (AvgIpc) is 2.05. The highest BCUT2D eigenvalue weighted by Gasteiger charge is 2.03. The number of aliphatic hydroxyl groups is 1. The summed E-state index contributed by atoms with van der Waals surface area (Å²) in [7, 11) is 0. The molecular weight excluding hydrogens is 181 g/mol. The van der Waals surface area contributed by atoms with E-state index in [1.54, 1.807) is 0 Å². The first-order valence-electron chi connectivity index (χ1n) is 3.37. The van der Waals surface area contributed by atoms with E-state index in [4.69, 9.17) is 5.73 Å². The largest absolute Gasteiger partial charge is 0.387 e. The summed E-state index contributed by atoms with van der Waals surface area (Å²) in [6.07, 6.45) is -0.685. The summed E-state index contributed by atoms with van der Waals surface area (Å²) in [5, 5.41) is 9.17. The van der Waals surface area contributed by atoms with Gasteiger partial charge in [-0.1, -0.05) is 12.1 Å². The lowest BCUT2D eigenvalue weighted by atomic mass is 10.1. The zero-order valence-corrected chi connectivity index (χ0v) is 7.22. The van der Waals surface area contributed by atoms with Gasteiger partial charge in [0.15, 0.2) is 0 Å². The van der Waals surface area contributed by atoms with Crippen LogP contribution in [0.4, 0.5) is 4.39 Å². The van der Waals surface area contributed by atoms with Crippen LogP contribution in [0.15, 0.2) is 24.3 Å². The van der Waals surface area contributed by atoms with Crippen molar-refractivity contribution in [3.63, 3.8) is 0 Å². The Morgan fingerprint density at radius 2 is 1.83 bits per heavy atom. The summed E-state index contributed by atoms with van der Waals surface area (Å²) >= 11 is 0. The van der Waals surface area contributed by atoms with Gasteiger partial charge in [0.05, 0.1) is 6.10 Å². The Morgan fingerprint density at radius 1 is 1.33 bits per heavy atom. The third-order valence-electron chi connectivity index (χ3n) is 1.48. The van der Waals surface area contributed by atoms with E-state index in [1.807, 2.05) is 0 Å². The zero-order chi connectivity index (χ0) is 8.27. The fraction of sp³-hybridized carbons (Fsp3) is 0.250. The molecule has 0 aliphatic rings. The Balaban J connectivity index is 0.00000121. The lowest BCUT2D eigenvalue weighted by Gasteiger charge is -2.06. The molecule has 12 heavy (non-hydrogen) atoms. The van der Waals surface area contributed by atoms with Gasteiger partial charge in [0.1, 0.15) is 5.82 Å². The second-order valence-electron chi connectivity index (χ2n) is 2.30. The Morgan fingerprint density at radius 3 is 2.25 bits per heavy atom. The molecule has 0 saturated heterocycles. The van der Waals surface area contributed by atoms with Gasteiger partial charge >= 0.3 is 0 Å². The first kappa shape index (κ1) is 11.4. The molecule has 0 amide bonds. The number of rotatable bonds is 2. The third-order valence-corrected chi connectivity index (χ3v) is 1.48. The molecule has 0 aromatic heterocycles. The third kappa shape index (κ3) is 2.77. The smallest absolute Gasteiger partial charge is 0.123 e. The second-order valence-corrected chi connectivity index (χ2v) is 2.30. The molecule has 3 N–H and O–H groups in total. The predicted molar refractivity (Wildman–Crippen MR) is 47.7 cm³/mol. The number of aliphatic hydroxyl groups excluding tert-OH is 1. The number of halogens is 2. The molecular formula is C8H11ClFNO. The molecule has 0 aliphatic carbocycles. The topological polar surface area (TPSA) is 46.2 Å². The van der Waals surface area contributed by atoms with Gasteiger partial charge in [0.2, 0.25) is 0 Å². The van der Waals surface area contributed by atoms with E-state index in [0.29, 0.717) is 5.56 Å². The monoisotopic (exact) mass is 191 g/mol. The van der Waals surface area contributed by atoms with Gasteiger partial charge in [-0.05, 0) is 17.7 Å². The van der Waals surface area contributed by atoms with Crippen molar-refractivity contribution in [2.45, 2.75) is 6.10 Å². The van der Waals surface area contributed by atoms with Crippen molar-refractivity contribution in [2.24, 2.45) is 5.73 Å². The molecule has 1 atom stereocenters. The van der Waals surface area contributed by atoms with Crippen LogP contribution >= 0.6 is 12.4 Å². The van der Waals surface area contributed by atoms with Crippen LogP contribution in [0.2, 0.25) is 0 Å². The molecule has 0 radical (unpaired) electrons. The lowest BCUT2D eigenvalue weighted by molar-refractivity contribution is 0.186. The van der Waals surface area contributed by atoms with Crippen LogP contribution in [0, 0.1) is 5.82 Å². The van der Waals surface area contributed by atoms with Gasteiger partial charge in [0, 0.05) is 6.54 Å². The van der Waals surface area contributed by atoms with E-state index in [-0.39, 0.29) is 24.8 Å². The van der Waals surface area contributed by atoms with Crippen LogP contribution in [0.5, 0.6) is 0 Å². The van der Waals surface area contributed by atoms with Gasteiger partial charge in [-0.25, -0.2) is 4.39 Å². The summed E-state index contributed by atoms with van der Waals surface area (Å²) in [5.74, 6) is -0.307. The van der Waals surface area contributed by atoms with Crippen LogP contribution in [0.25, 0.3) is 0 Å². The van der Waals surface area contributed by atoms with Crippen LogP contribution in [0.1, 0.15) is 11.7 Å². The molecule has 1 aromatic carbocycles. The fourth-order valence-corrected chi connectivity index (χ4v) is 0.821. The van der Waals surface area contributed by atoms with Crippen molar-refractivity contribution in [3.8, 4) is 0 Å². The number of nitrogens with two attached hydrogens (primary N) is 1. The minimum Gasteiger partial charge on any atom is -0.387 e. The molecule has 68 valence electrons. The number of hydrogen-bond acceptors (Lipinski definition) is 2. The first-order chi connectivity index (χ1) is 5.24. The van der Waals surface area contributed by atoms with Crippen LogP contribution in [-0.4, -0.2) is 11.7 Å². The van der Waals surface area contributed by atoms with E-state index < -0.39 is 6.10 Å². The minimum atomic E-state index is -0.685. The lowest BCUT2D eigenvalue weighted by Crippen LogP contribution is -2.11. The molecule has 0 spiro atoms. The highest BCUT2D eigenvalue weighted by Crippen LogP contribution is 2.11. The quantitative estimate of drug-likeness (QED) is 0.739. The summed E-state index contributed by atoms with van der Waals surface area (Å²) < 4.78 is 12.3. The fourth-order valence-electron chi connectivity index (χ4n) is 0.821. The van der Waals surface area contributed by atoms with Gasteiger partial charge < -0.3 is 10.8 Å². The van der Waals surface area contributed by atoms with Gasteiger partial charge in [0.25, 0.3) is 0 Å². The van der Waals surface area contributed by atoms with E-state index in [9.17, 15) is 9.50 Å². The Labute approximate surface area is 76.6 Å². The zero-order valence-electron chi connectivity index (χ0n) is 6.40. The van der Waals surface area contributed by atoms with Crippen molar-refractivity contribution in [1.29, 1.82) is 0 Å². The van der Waals surface area contributed by atoms with Crippen molar-refractivity contribution in [3.05, 3.63) is 35.6 Å². The molecule has 1 aromatic rings. The molecule has 0 aliphatic heterocycles. The Kier molecular flexibility index (Phi) is 4.81. The SMILES string of the molecule is Cl.NCC(O)c1ccc(F)cc1. The van der Waals surface area contributed by atoms with Crippen molar-refractivity contribution < 1.29 is 9.50 Å². The maximum atomic E-state index is 12.3. The van der Waals surface area contributed by atoms with Crippen LogP contribution in [0.3, 0.4) is 0 Å². The van der Waals surface area contributed by atoms with Crippen LogP contribution < -0.4 is 5.73 Å². The van der Waals surface area contributed by atoms with Crippen molar-refractivity contribution in [1.82, 2.24) is 0 Å². The molecule has 0 fully saturated rings. The van der Waals surface area contributed by atoms with Gasteiger partial charge in [-0.2, -0.15) is 0 Å². The molecule has 4 heteroatoms. The normalized spacial score (nSPS) is 11.9. The summed E-state index contributed by atoms with van der Waals surface area (Å²) in [6, 6.07) is 5.64. The molecule has 1 rings (SSSR count). The summed E-state index contributed by atoms with van der Waals surface area (Å²) in [4.78, 5) is 0. The molecule has 0 bridgehead atoms. The standard InChI is InChI=1S/C8H10FNO.ClH/c9-7-3-1-6(2-4-7)8(11)5-10;/h1-4,8,11H,5,10H2;1H. The maximum absolute atomic E-state index is 12.3. The molecule has 0 saturated carbocycles. The number of benzene rings is 1. The Hall–Kier alpha value is -0.640. The van der Waals surface area contributed by atoms with Gasteiger partial charge in [-0.15, -0.1) is 12.4 Å². The molecule has 1 unspecified atom stereocenters. The second kappa shape index (κ2) is 5.09. The summed E-state index contributed by atoms with van der Waals surface area (Å²) in [6.45, 7) is 0.158. The minimum absolute atomic E-state index is 0. The van der Waals surface area contributed by atoms with E-state index >= 15 is 0 Å². The highest BCUT2D eigenvalue weighted by atomic mass is 35.5. The average molecular weight is 192 g/mol. The number of hydrogen-bond donors (Lipinski definition) is 2. The van der Waals surface area contributed by atoms with E-state index in [1.165, 1.54) is 24.3 Å². The molecule has 2 nitrogen and oxygen atoms in total. The van der Waals surface area contributed by atoms with Crippen molar-refractivity contribution in [2.75, 3.05) is 6.54 Å². The van der Waals surface area contributed by atoms with Gasteiger partial charge in [-0.3, -0.25) is 0 Å². The van der Waals surface area contributed by atoms with E-state index in [0.717, 1.165) is 0 Å². The predicted octanol–water partition coefficient (Wildman–Crippen LogP) is 1.24. The first-order valence-corrected chi connectivity index (χ1v) is 3.37. The molecule has 0 heterocycles. The van der Waals surface area contributed by atoms with Crippen molar-refractivity contribution >= 4 is 12.4 Å². The van der Waals surface area contributed by atoms with E-state index in [2.05, 4.69) is 0 Å².